The smallest absolute Gasteiger partial charge is 0.240 e. The van der Waals surface area contributed by atoms with E-state index in [0.717, 1.165) is 45.4 Å². The fraction of sp³-hybridized carbons (Fsp3) is 0.938. The largest absolute Gasteiger partial charge is 0.337 e. The Kier molecular flexibility index (Phi) is 7.63. The second-order valence-electron chi connectivity index (χ2n) is 6.78. The van der Waals surface area contributed by atoms with Crippen LogP contribution in [0.5, 0.6) is 0 Å². The molecule has 0 aromatic rings. The van der Waals surface area contributed by atoms with Gasteiger partial charge in [0, 0.05) is 19.1 Å². The van der Waals surface area contributed by atoms with E-state index in [9.17, 15) is 4.79 Å². The van der Waals surface area contributed by atoms with Crippen LogP contribution in [0.15, 0.2) is 0 Å². The number of likely N-dealkylation sites (tertiary alicyclic amines) is 1. The number of hydrogen-bond donors (Lipinski definition) is 1. The molecule has 5 heteroatoms. The predicted molar refractivity (Wildman–Crippen MR) is 88.2 cm³/mol. The summed E-state index contributed by atoms with van der Waals surface area (Å²) < 4.78 is 0. The van der Waals surface area contributed by atoms with Gasteiger partial charge in [0.05, 0.1) is 6.04 Å². The van der Waals surface area contributed by atoms with Gasteiger partial charge < -0.3 is 20.4 Å². The van der Waals surface area contributed by atoms with Gasteiger partial charge in [0.25, 0.3) is 0 Å². The van der Waals surface area contributed by atoms with E-state index in [2.05, 4.69) is 35.6 Å². The fourth-order valence-electron chi connectivity index (χ4n) is 2.78. The lowest BCUT2D eigenvalue weighted by Crippen LogP contribution is -2.54. The van der Waals surface area contributed by atoms with Crippen LogP contribution in [-0.2, 0) is 4.79 Å². The van der Waals surface area contributed by atoms with Crippen molar-refractivity contribution in [2.24, 2.45) is 11.7 Å². The van der Waals surface area contributed by atoms with Crippen molar-refractivity contribution in [3.05, 3.63) is 0 Å². The normalized spacial score (nSPS) is 20.5. The Bertz CT molecular complexity index is 313. The minimum Gasteiger partial charge on any atom is -0.337 e. The molecule has 2 atom stereocenters. The standard InChI is InChI=1S/C16H34N4O/c1-6-13(2)15(17)16(21)20(12-11-18(3)4)14-7-9-19(5)10-8-14/h13-15H,6-12,17H2,1-5H3/t13-,15-/m0/s1. The highest BCUT2D eigenvalue weighted by Crippen LogP contribution is 2.18. The van der Waals surface area contributed by atoms with Gasteiger partial charge in [-0.05, 0) is 53.0 Å². The molecule has 1 fully saturated rings. The first-order valence-electron chi connectivity index (χ1n) is 8.26. The third-order valence-electron chi connectivity index (χ3n) is 4.74. The molecule has 0 aromatic carbocycles. The number of nitrogens with two attached hydrogens (primary N) is 1. The van der Waals surface area contributed by atoms with Crippen molar-refractivity contribution in [3.63, 3.8) is 0 Å². The first-order valence-corrected chi connectivity index (χ1v) is 8.26. The summed E-state index contributed by atoms with van der Waals surface area (Å²) in [6, 6.07) is -0.0134. The maximum Gasteiger partial charge on any atom is 0.240 e. The molecule has 2 N–H and O–H groups in total. The van der Waals surface area contributed by atoms with Crippen LogP contribution in [0.25, 0.3) is 0 Å². The zero-order valence-corrected chi connectivity index (χ0v) is 14.5. The average Bonchev–Trinajstić information content (AvgIpc) is 2.47. The maximum absolute atomic E-state index is 12.8. The van der Waals surface area contributed by atoms with Crippen LogP contribution in [0.4, 0.5) is 0 Å². The topological polar surface area (TPSA) is 52.8 Å². The number of carbonyl (C=O) groups is 1. The van der Waals surface area contributed by atoms with E-state index in [0.29, 0.717) is 6.04 Å². The summed E-state index contributed by atoms with van der Waals surface area (Å²) >= 11 is 0. The van der Waals surface area contributed by atoms with Crippen molar-refractivity contribution in [1.29, 1.82) is 0 Å². The van der Waals surface area contributed by atoms with Crippen LogP contribution in [0.2, 0.25) is 0 Å². The number of hydrogen-bond acceptors (Lipinski definition) is 4. The van der Waals surface area contributed by atoms with Gasteiger partial charge >= 0.3 is 0 Å². The summed E-state index contributed by atoms with van der Waals surface area (Å²) in [5.74, 6) is 0.381. The Labute approximate surface area is 130 Å². The van der Waals surface area contributed by atoms with Crippen LogP contribution in [-0.4, -0.2) is 80.0 Å². The Balaban J connectivity index is 2.73. The van der Waals surface area contributed by atoms with Gasteiger partial charge in [-0.1, -0.05) is 20.3 Å². The second kappa shape index (κ2) is 8.71. The van der Waals surface area contributed by atoms with Crippen LogP contribution >= 0.6 is 0 Å². The molecule has 0 bridgehead atoms. The molecule has 1 aliphatic rings. The fourth-order valence-corrected chi connectivity index (χ4v) is 2.78. The second-order valence-corrected chi connectivity index (χ2v) is 6.78. The van der Waals surface area contributed by atoms with Gasteiger partial charge in [-0.3, -0.25) is 4.79 Å². The predicted octanol–water partition coefficient (Wildman–Crippen LogP) is 0.844. The molecule has 0 spiro atoms. The highest BCUT2D eigenvalue weighted by atomic mass is 16.2. The first kappa shape index (κ1) is 18.4. The summed E-state index contributed by atoms with van der Waals surface area (Å²) in [6.45, 7) is 7.97. The lowest BCUT2D eigenvalue weighted by atomic mass is 9.96. The van der Waals surface area contributed by atoms with Crippen molar-refractivity contribution in [1.82, 2.24) is 14.7 Å². The van der Waals surface area contributed by atoms with Crippen molar-refractivity contribution >= 4 is 5.91 Å². The molecule has 21 heavy (non-hydrogen) atoms. The molecule has 1 amide bonds. The maximum atomic E-state index is 12.8. The van der Waals surface area contributed by atoms with Gasteiger partial charge in [-0.25, -0.2) is 0 Å². The number of piperidine rings is 1. The molecule has 0 aliphatic carbocycles. The number of nitrogens with zero attached hydrogens (tertiary/aromatic N) is 3. The van der Waals surface area contributed by atoms with E-state index >= 15 is 0 Å². The van der Waals surface area contributed by atoms with E-state index in [1.54, 1.807) is 0 Å². The quantitative estimate of drug-likeness (QED) is 0.757. The Hall–Kier alpha value is -0.650. The third-order valence-corrected chi connectivity index (χ3v) is 4.74. The molecule has 1 aliphatic heterocycles. The monoisotopic (exact) mass is 298 g/mol. The molecule has 124 valence electrons. The molecule has 1 heterocycles. The summed E-state index contributed by atoms with van der Waals surface area (Å²) in [6.07, 6.45) is 3.06. The molecular weight excluding hydrogens is 264 g/mol. The van der Waals surface area contributed by atoms with Gasteiger partial charge in [-0.2, -0.15) is 0 Å². The van der Waals surface area contributed by atoms with Crippen molar-refractivity contribution in [2.45, 2.75) is 45.2 Å². The lowest BCUT2D eigenvalue weighted by molar-refractivity contribution is -0.137. The molecule has 1 saturated heterocycles. The minimum atomic E-state index is -0.364. The molecule has 0 saturated carbocycles. The molecule has 0 radical (unpaired) electrons. The van der Waals surface area contributed by atoms with Crippen molar-refractivity contribution in [3.8, 4) is 0 Å². The van der Waals surface area contributed by atoms with E-state index in [-0.39, 0.29) is 17.9 Å². The van der Waals surface area contributed by atoms with Crippen LogP contribution in [0.3, 0.4) is 0 Å². The zero-order valence-electron chi connectivity index (χ0n) is 14.5. The van der Waals surface area contributed by atoms with Crippen molar-refractivity contribution in [2.75, 3.05) is 47.3 Å². The van der Waals surface area contributed by atoms with E-state index < -0.39 is 0 Å². The highest BCUT2D eigenvalue weighted by Gasteiger charge is 2.31. The number of likely N-dealkylation sites (N-methyl/N-ethyl adjacent to an activating group) is 1. The molecule has 0 aromatic heterocycles. The van der Waals surface area contributed by atoms with Gasteiger partial charge in [0.15, 0.2) is 0 Å². The molecule has 5 nitrogen and oxygen atoms in total. The summed E-state index contributed by atoms with van der Waals surface area (Å²) in [5.41, 5.74) is 6.20. The molecule has 0 unspecified atom stereocenters. The minimum absolute atomic E-state index is 0.140. The highest BCUT2D eigenvalue weighted by molar-refractivity contribution is 5.82. The molecule has 1 rings (SSSR count). The van der Waals surface area contributed by atoms with Gasteiger partial charge in [-0.15, -0.1) is 0 Å². The van der Waals surface area contributed by atoms with Crippen LogP contribution < -0.4 is 5.73 Å². The SMILES string of the molecule is CC[C@H](C)[C@H](N)C(=O)N(CCN(C)C)C1CCN(C)CC1. The number of amides is 1. The van der Waals surface area contributed by atoms with Gasteiger partial charge in [0.1, 0.15) is 0 Å². The number of rotatable bonds is 7. The summed E-state index contributed by atoms with van der Waals surface area (Å²) in [4.78, 5) is 19.3. The summed E-state index contributed by atoms with van der Waals surface area (Å²) in [7, 11) is 6.24. The van der Waals surface area contributed by atoms with Crippen molar-refractivity contribution < 1.29 is 4.79 Å². The number of carbonyl (C=O) groups excluding carboxylic acids is 1. The molecular formula is C16H34N4O. The summed E-state index contributed by atoms with van der Waals surface area (Å²) in [5, 5.41) is 0. The Morgan fingerprint density at radius 2 is 1.86 bits per heavy atom. The third kappa shape index (κ3) is 5.57. The Morgan fingerprint density at radius 1 is 1.29 bits per heavy atom. The van der Waals surface area contributed by atoms with E-state index in [4.69, 9.17) is 5.73 Å². The Morgan fingerprint density at radius 3 is 2.33 bits per heavy atom. The lowest BCUT2D eigenvalue weighted by Gasteiger charge is -2.39. The zero-order chi connectivity index (χ0) is 16.0. The van der Waals surface area contributed by atoms with Gasteiger partial charge in [0.2, 0.25) is 5.91 Å². The van der Waals surface area contributed by atoms with Crippen LogP contribution in [0, 0.1) is 5.92 Å². The van der Waals surface area contributed by atoms with E-state index in [1.165, 1.54) is 0 Å². The van der Waals surface area contributed by atoms with E-state index in [1.807, 2.05) is 14.1 Å². The van der Waals surface area contributed by atoms with Crippen LogP contribution in [0.1, 0.15) is 33.1 Å². The first-order chi connectivity index (χ1) is 9.86. The average molecular weight is 298 g/mol.